The van der Waals surface area contributed by atoms with Crippen molar-refractivity contribution in [3.05, 3.63) is 0 Å². The predicted octanol–water partition coefficient (Wildman–Crippen LogP) is 0.362. The van der Waals surface area contributed by atoms with E-state index in [0.717, 1.165) is 6.61 Å². The van der Waals surface area contributed by atoms with Gasteiger partial charge in [-0.25, -0.2) is 0 Å². The van der Waals surface area contributed by atoms with Crippen molar-refractivity contribution < 1.29 is 23.7 Å². The summed E-state index contributed by atoms with van der Waals surface area (Å²) in [4.78, 5) is 0. The van der Waals surface area contributed by atoms with Gasteiger partial charge in [-0.3, -0.25) is 0 Å². The van der Waals surface area contributed by atoms with E-state index in [0.29, 0.717) is 19.8 Å². The highest BCUT2D eigenvalue weighted by atomic mass is 16.7. The Bertz CT molecular complexity index is 266. The van der Waals surface area contributed by atoms with Crippen molar-refractivity contribution >= 4 is 0 Å². The molecule has 0 aromatic carbocycles. The van der Waals surface area contributed by atoms with Gasteiger partial charge in [0.2, 0.25) is 0 Å². The molecule has 0 radical (unpaired) electrons. The van der Waals surface area contributed by atoms with Crippen molar-refractivity contribution in [1.82, 2.24) is 0 Å². The lowest BCUT2D eigenvalue weighted by Gasteiger charge is -2.19. The summed E-state index contributed by atoms with van der Waals surface area (Å²) < 4.78 is 28.1. The van der Waals surface area contributed by atoms with Crippen LogP contribution in [0.4, 0.5) is 0 Å². The van der Waals surface area contributed by atoms with Gasteiger partial charge in [0.15, 0.2) is 0 Å². The summed E-state index contributed by atoms with van der Waals surface area (Å²) in [7, 11) is 0. The van der Waals surface area contributed by atoms with Gasteiger partial charge >= 0.3 is 0 Å². The zero-order valence-corrected chi connectivity index (χ0v) is 10.3. The Morgan fingerprint density at radius 2 is 1.65 bits per heavy atom. The van der Waals surface area contributed by atoms with E-state index in [-0.39, 0.29) is 36.6 Å². The van der Waals surface area contributed by atoms with Crippen LogP contribution in [0, 0.1) is 0 Å². The van der Waals surface area contributed by atoms with Gasteiger partial charge in [-0.2, -0.15) is 0 Å². The molecule has 0 aromatic heterocycles. The molecule has 5 unspecified atom stereocenters. The summed E-state index contributed by atoms with van der Waals surface area (Å²) in [6, 6.07) is 0. The van der Waals surface area contributed by atoms with Crippen LogP contribution in [-0.4, -0.2) is 63.1 Å². The Kier molecular flexibility index (Phi) is 3.36. The smallest absolute Gasteiger partial charge is 0.115 e. The first-order valence-corrected chi connectivity index (χ1v) is 6.36. The molecular weight excluding hydrogens is 224 g/mol. The van der Waals surface area contributed by atoms with Crippen LogP contribution in [0.1, 0.15) is 13.8 Å². The van der Waals surface area contributed by atoms with Gasteiger partial charge in [-0.05, 0) is 13.8 Å². The highest BCUT2D eigenvalue weighted by Gasteiger charge is 2.49. The number of ether oxygens (including phenoxy) is 5. The molecule has 0 N–H and O–H groups in total. The monoisotopic (exact) mass is 244 g/mol. The maximum Gasteiger partial charge on any atom is 0.115 e. The summed E-state index contributed by atoms with van der Waals surface area (Å²) in [5, 5.41) is 0. The summed E-state index contributed by atoms with van der Waals surface area (Å²) >= 11 is 0. The summed E-state index contributed by atoms with van der Waals surface area (Å²) in [5.74, 6) is 0. The molecule has 0 aliphatic carbocycles. The third kappa shape index (κ3) is 2.63. The lowest BCUT2D eigenvalue weighted by atomic mass is 10.1. The molecule has 3 aliphatic heterocycles. The second-order valence-corrected chi connectivity index (χ2v) is 5.15. The third-order valence-corrected chi connectivity index (χ3v) is 3.31. The van der Waals surface area contributed by atoms with Gasteiger partial charge in [-0.15, -0.1) is 0 Å². The van der Waals surface area contributed by atoms with Gasteiger partial charge in [0, 0.05) is 0 Å². The van der Waals surface area contributed by atoms with E-state index in [4.69, 9.17) is 23.7 Å². The average Bonchev–Trinajstić information content (AvgIpc) is 2.89. The van der Waals surface area contributed by atoms with Gasteiger partial charge < -0.3 is 23.7 Å². The van der Waals surface area contributed by atoms with Crippen molar-refractivity contribution in [2.75, 3.05) is 26.4 Å². The molecular formula is C12H20O5. The minimum Gasteiger partial charge on any atom is -0.371 e. The van der Waals surface area contributed by atoms with Crippen LogP contribution in [-0.2, 0) is 23.7 Å². The second kappa shape index (κ2) is 4.82. The highest BCUT2D eigenvalue weighted by molar-refractivity contribution is 4.96. The Balaban J connectivity index is 1.51. The molecule has 3 heterocycles. The molecule has 0 saturated carbocycles. The maximum atomic E-state index is 5.78. The largest absolute Gasteiger partial charge is 0.371 e. The fraction of sp³-hybridized carbons (Fsp3) is 1.00. The molecule has 5 heteroatoms. The van der Waals surface area contributed by atoms with Crippen LogP contribution in [0.5, 0.6) is 0 Å². The minimum atomic E-state index is 0.0255. The fourth-order valence-corrected chi connectivity index (χ4v) is 2.43. The number of hydrogen-bond donors (Lipinski definition) is 0. The molecule has 3 fully saturated rings. The number of rotatable bonds is 5. The Morgan fingerprint density at radius 1 is 1.00 bits per heavy atom. The molecule has 3 saturated heterocycles. The molecule has 5 nitrogen and oxygen atoms in total. The van der Waals surface area contributed by atoms with E-state index in [1.807, 2.05) is 13.8 Å². The number of hydrogen-bond acceptors (Lipinski definition) is 5. The van der Waals surface area contributed by atoms with Crippen molar-refractivity contribution in [2.45, 2.75) is 50.5 Å². The van der Waals surface area contributed by atoms with Crippen molar-refractivity contribution in [3.8, 4) is 0 Å². The summed E-state index contributed by atoms with van der Waals surface area (Å²) in [5.41, 5.74) is 0. The van der Waals surface area contributed by atoms with Crippen molar-refractivity contribution in [1.29, 1.82) is 0 Å². The Labute approximate surface area is 101 Å². The van der Waals surface area contributed by atoms with Crippen LogP contribution in [0.15, 0.2) is 0 Å². The average molecular weight is 244 g/mol. The van der Waals surface area contributed by atoms with Crippen molar-refractivity contribution in [3.63, 3.8) is 0 Å². The van der Waals surface area contributed by atoms with Crippen LogP contribution in [0.2, 0.25) is 0 Å². The molecule has 0 spiro atoms. The van der Waals surface area contributed by atoms with E-state index in [1.54, 1.807) is 0 Å². The Morgan fingerprint density at radius 3 is 2.29 bits per heavy atom. The zero-order valence-electron chi connectivity index (χ0n) is 10.3. The SMILES string of the molecule is CC(C)OC1COC2C(OCC3CO3)COC12. The van der Waals surface area contributed by atoms with Crippen LogP contribution in [0.3, 0.4) is 0 Å². The normalized spacial score (nSPS) is 44.3. The van der Waals surface area contributed by atoms with E-state index in [9.17, 15) is 0 Å². The standard InChI is InChI=1S/C12H20O5/c1-7(2)17-10-6-16-11-9(5-15-12(10)11)14-4-8-3-13-8/h7-12H,3-6H2,1-2H3. The first-order valence-electron chi connectivity index (χ1n) is 6.36. The number of fused-ring (bicyclic) bond motifs is 1. The summed E-state index contributed by atoms with van der Waals surface area (Å²) in [6.45, 7) is 6.73. The Hall–Kier alpha value is -0.200. The van der Waals surface area contributed by atoms with Crippen LogP contribution < -0.4 is 0 Å². The predicted molar refractivity (Wildman–Crippen MR) is 59.0 cm³/mol. The lowest BCUT2D eigenvalue weighted by Crippen LogP contribution is -2.35. The lowest BCUT2D eigenvalue weighted by molar-refractivity contribution is -0.0675. The van der Waals surface area contributed by atoms with Gasteiger partial charge in [0.25, 0.3) is 0 Å². The molecule has 98 valence electrons. The van der Waals surface area contributed by atoms with Gasteiger partial charge in [-0.1, -0.05) is 0 Å². The first kappa shape index (κ1) is 11.9. The van der Waals surface area contributed by atoms with Gasteiger partial charge in [0.05, 0.1) is 32.5 Å². The molecule has 3 aliphatic rings. The van der Waals surface area contributed by atoms with Crippen LogP contribution in [0.25, 0.3) is 0 Å². The third-order valence-electron chi connectivity index (χ3n) is 3.31. The molecule has 5 atom stereocenters. The van der Waals surface area contributed by atoms with Crippen molar-refractivity contribution in [2.24, 2.45) is 0 Å². The summed E-state index contributed by atoms with van der Waals surface area (Å²) in [6.07, 6.45) is 0.625. The molecule has 0 aromatic rings. The van der Waals surface area contributed by atoms with Gasteiger partial charge in [0.1, 0.15) is 30.5 Å². The van der Waals surface area contributed by atoms with E-state index >= 15 is 0 Å². The molecule has 17 heavy (non-hydrogen) atoms. The molecule has 0 amide bonds. The fourth-order valence-electron chi connectivity index (χ4n) is 2.43. The van der Waals surface area contributed by atoms with E-state index in [1.165, 1.54) is 0 Å². The minimum absolute atomic E-state index is 0.0255. The zero-order chi connectivity index (χ0) is 11.8. The molecule has 3 rings (SSSR count). The van der Waals surface area contributed by atoms with Crippen LogP contribution >= 0.6 is 0 Å². The first-order chi connectivity index (χ1) is 8.24. The highest BCUT2D eigenvalue weighted by Crippen LogP contribution is 2.31. The van der Waals surface area contributed by atoms with E-state index < -0.39 is 0 Å². The van der Waals surface area contributed by atoms with E-state index in [2.05, 4.69) is 0 Å². The maximum absolute atomic E-state index is 5.78. The quantitative estimate of drug-likeness (QED) is 0.654. The topological polar surface area (TPSA) is 49.5 Å². The number of epoxide rings is 1. The second-order valence-electron chi connectivity index (χ2n) is 5.15. The molecule has 0 bridgehead atoms.